The minimum Gasteiger partial charge on any atom is -0.367 e. The molecule has 0 bridgehead atoms. The first kappa shape index (κ1) is 13.4. The minimum absolute atomic E-state index is 0.0720. The van der Waals surface area contributed by atoms with Gasteiger partial charge in [-0.1, -0.05) is 42.8 Å². The third kappa shape index (κ3) is 2.06. The van der Waals surface area contributed by atoms with Crippen LogP contribution in [0.1, 0.15) is 40.5 Å². The highest BCUT2D eigenvalue weighted by atomic mass is 35.5. The Kier molecular flexibility index (Phi) is 3.38. The van der Waals surface area contributed by atoms with E-state index in [1.54, 1.807) is 24.3 Å². The second-order valence-electron chi connectivity index (χ2n) is 5.56. The van der Waals surface area contributed by atoms with E-state index in [9.17, 15) is 9.59 Å². The van der Waals surface area contributed by atoms with Gasteiger partial charge in [0.25, 0.3) is 0 Å². The first-order valence-electron chi connectivity index (χ1n) is 6.92. The van der Waals surface area contributed by atoms with Gasteiger partial charge in [-0.05, 0) is 18.8 Å². The first-order chi connectivity index (χ1) is 9.59. The smallest absolute Gasteiger partial charge is 0.211 e. The van der Waals surface area contributed by atoms with Crippen molar-refractivity contribution in [1.29, 1.82) is 0 Å². The number of nitrogens with zero attached hydrogens (tertiary/aromatic N) is 1. The largest absolute Gasteiger partial charge is 0.367 e. The molecule has 0 N–H and O–H groups in total. The fourth-order valence-electron chi connectivity index (χ4n) is 3.01. The van der Waals surface area contributed by atoms with Crippen LogP contribution >= 0.6 is 11.6 Å². The second-order valence-corrected chi connectivity index (χ2v) is 5.94. The van der Waals surface area contributed by atoms with Gasteiger partial charge in [0.1, 0.15) is 10.7 Å². The number of halogens is 1. The molecule has 0 aromatic heterocycles. The van der Waals surface area contributed by atoms with Gasteiger partial charge in [0.2, 0.25) is 11.6 Å². The summed E-state index contributed by atoms with van der Waals surface area (Å²) in [5.74, 6) is 0.148. The molecule has 0 amide bonds. The van der Waals surface area contributed by atoms with Crippen LogP contribution in [0.15, 0.2) is 35.0 Å². The third-order valence-corrected chi connectivity index (χ3v) is 4.36. The maximum Gasteiger partial charge on any atom is 0.211 e. The van der Waals surface area contributed by atoms with Crippen molar-refractivity contribution in [3.05, 3.63) is 46.1 Å². The second kappa shape index (κ2) is 5.06. The van der Waals surface area contributed by atoms with Crippen molar-refractivity contribution in [2.24, 2.45) is 5.92 Å². The van der Waals surface area contributed by atoms with Crippen LogP contribution in [0.4, 0.5) is 0 Å². The zero-order valence-electron chi connectivity index (χ0n) is 11.4. The molecule has 20 heavy (non-hydrogen) atoms. The molecule has 3 rings (SSSR count). The standard InChI is InChI=1S/C16H16ClNO2/c1-10-5-4-8-18(9-10)14-13(17)15(19)11-6-2-3-7-12(11)16(14)20/h2-3,6-7,10H,4-5,8-9H2,1H3/t10-/m1/s1. The molecule has 2 aliphatic rings. The lowest BCUT2D eigenvalue weighted by Gasteiger charge is -2.35. The number of allylic oxidation sites excluding steroid dienone is 2. The van der Waals surface area contributed by atoms with E-state index < -0.39 is 0 Å². The summed E-state index contributed by atoms with van der Waals surface area (Å²) < 4.78 is 0. The van der Waals surface area contributed by atoms with E-state index in [1.165, 1.54) is 0 Å². The Balaban J connectivity index is 2.05. The topological polar surface area (TPSA) is 37.4 Å². The van der Waals surface area contributed by atoms with Crippen LogP contribution in [0.3, 0.4) is 0 Å². The van der Waals surface area contributed by atoms with Crippen molar-refractivity contribution in [2.75, 3.05) is 13.1 Å². The summed E-state index contributed by atoms with van der Waals surface area (Å²) in [4.78, 5) is 26.9. The van der Waals surface area contributed by atoms with Crippen molar-refractivity contribution in [1.82, 2.24) is 4.90 Å². The number of carbonyl (C=O) groups excluding carboxylic acids is 2. The monoisotopic (exact) mass is 289 g/mol. The molecule has 1 aliphatic carbocycles. The summed E-state index contributed by atoms with van der Waals surface area (Å²) in [6.45, 7) is 3.73. The number of likely N-dealkylation sites (tertiary alicyclic amines) is 1. The molecule has 0 saturated carbocycles. The maximum absolute atomic E-state index is 12.6. The highest BCUT2D eigenvalue weighted by Gasteiger charge is 2.35. The van der Waals surface area contributed by atoms with Gasteiger partial charge >= 0.3 is 0 Å². The van der Waals surface area contributed by atoms with Crippen LogP contribution in [0, 0.1) is 5.92 Å². The van der Waals surface area contributed by atoms with Crippen LogP contribution in [0.5, 0.6) is 0 Å². The summed E-state index contributed by atoms with van der Waals surface area (Å²) in [5.41, 5.74) is 1.27. The normalized spacial score (nSPS) is 23.1. The Hall–Kier alpha value is -1.61. The maximum atomic E-state index is 12.6. The van der Waals surface area contributed by atoms with Crippen LogP contribution in [-0.4, -0.2) is 29.6 Å². The van der Waals surface area contributed by atoms with Crippen LogP contribution in [0.25, 0.3) is 0 Å². The SMILES string of the molecule is C[C@@H]1CCCN(C2=C(Cl)C(=O)c3ccccc3C2=O)C1. The lowest BCUT2D eigenvalue weighted by atomic mass is 9.90. The Morgan fingerprint density at radius 2 is 1.80 bits per heavy atom. The number of fused-ring (bicyclic) bond motifs is 1. The van der Waals surface area contributed by atoms with Gasteiger partial charge < -0.3 is 4.90 Å². The lowest BCUT2D eigenvalue weighted by Crippen LogP contribution is -2.39. The number of hydrogen-bond acceptors (Lipinski definition) is 3. The Morgan fingerprint density at radius 1 is 1.15 bits per heavy atom. The lowest BCUT2D eigenvalue weighted by molar-refractivity contribution is 0.0930. The van der Waals surface area contributed by atoms with Gasteiger partial charge in [0.15, 0.2) is 0 Å². The Labute approximate surface area is 123 Å². The van der Waals surface area contributed by atoms with Crippen molar-refractivity contribution in [2.45, 2.75) is 19.8 Å². The summed E-state index contributed by atoms with van der Waals surface area (Å²) in [6.07, 6.45) is 2.18. The number of rotatable bonds is 1. The molecule has 1 aromatic rings. The number of piperidine rings is 1. The number of hydrogen-bond donors (Lipinski definition) is 0. The van der Waals surface area contributed by atoms with Crippen LogP contribution in [0.2, 0.25) is 0 Å². The summed E-state index contributed by atoms with van der Waals surface area (Å²) in [5, 5.41) is 0.0720. The average Bonchev–Trinajstić information content (AvgIpc) is 2.45. The van der Waals surface area contributed by atoms with E-state index in [0.29, 0.717) is 22.7 Å². The van der Waals surface area contributed by atoms with Crippen molar-refractivity contribution in [3.63, 3.8) is 0 Å². The van der Waals surface area contributed by atoms with E-state index >= 15 is 0 Å². The number of benzene rings is 1. The molecule has 104 valence electrons. The molecule has 0 unspecified atom stereocenters. The quantitative estimate of drug-likeness (QED) is 0.796. The van der Waals surface area contributed by atoms with Crippen LogP contribution in [-0.2, 0) is 0 Å². The fraction of sp³-hybridized carbons (Fsp3) is 0.375. The predicted molar refractivity (Wildman–Crippen MR) is 78.0 cm³/mol. The molecule has 1 heterocycles. The van der Waals surface area contributed by atoms with E-state index in [2.05, 4.69) is 6.92 Å². The zero-order valence-corrected chi connectivity index (χ0v) is 12.1. The van der Waals surface area contributed by atoms with Crippen molar-refractivity contribution in [3.8, 4) is 0 Å². The molecule has 4 heteroatoms. The van der Waals surface area contributed by atoms with Crippen molar-refractivity contribution < 1.29 is 9.59 Å². The van der Waals surface area contributed by atoms with Gasteiger partial charge in [-0.15, -0.1) is 0 Å². The number of ketones is 2. The fourth-order valence-corrected chi connectivity index (χ4v) is 3.31. The highest BCUT2D eigenvalue weighted by molar-refractivity contribution is 6.49. The summed E-state index contributed by atoms with van der Waals surface area (Å²) in [6, 6.07) is 6.89. The molecule has 0 spiro atoms. The summed E-state index contributed by atoms with van der Waals surface area (Å²) in [7, 11) is 0. The molecule has 1 aliphatic heterocycles. The minimum atomic E-state index is -0.241. The third-order valence-electron chi connectivity index (χ3n) is 4.01. The first-order valence-corrected chi connectivity index (χ1v) is 7.30. The molecule has 0 radical (unpaired) electrons. The van der Waals surface area contributed by atoms with E-state index in [1.807, 2.05) is 4.90 Å². The number of Topliss-reactive ketones (excluding diaryl/α,β-unsaturated/α-hetero) is 2. The Bertz CT molecular complexity index is 621. The predicted octanol–water partition coefficient (Wildman–Crippen LogP) is 3.25. The van der Waals surface area contributed by atoms with Gasteiger partial charge in [-0.2, -0.15) is 0 Å². The zero-order chi connectivity index (χ0) is 14.3. The van der Waals surface area contributed by atoms with E-state index in [-0.39, 0.29) is 16.6 Å². The van der Waals surface area contributed by atoms with Gasteiger partial charge in [0.05, 0.1) is 0 Å². The van der Waals surface area contributed by atoms with Gasteiger partial charge in [-0.25, -0.2) is 0 Å². The van der Waals surface area contributed by atoms with E-state index in [4.69, 9.17) is 11.6 Å². The molecule has 1 fully saturated rings. The molecule has 3 nitrogen and oxygen atoms in total. The van der Waals surface area contributed by atoms with Gasteiger partial charge in [0, 0.05) is 24.2 Å². The average molecular weight is 290 g/mol. The highest BCUT2D eigenvalue weighted by Crippen LogP contribution is 2.32. The molecular formula is C16H16ClNO2. The summed E-state index contributed by atoms with van der Waals surface area (Å²) >= 11 is 6.20. The number of carbonyl (C=O) groups is 2. The molecule has 1 saturated heterocycles. The Morgan fingerprint density at radius 3 is 2.45 bits per heavy atom. The van der Waals surface area contributed by atoms with Gasteiger partial charge in [-0.3, -0.25) is 9.59 Å². The van der Waals surface area contributed by atoms with E-state index in [0.717, 1.165) is 25.9 Å². The molecule has 1 aromatic carbocycles. The molecule has 1 atom stereocenters. The van der Waals surface area contributed by atoms with Crippen molar-refractivity contribution >= 4 is 23.2 Å². The molecular weight excluding hydrogens is 274 g/mol. The van der Waals surface area contributed by atoms with Crippen LogP contribution < -0.4 is 0 Å².